The van der Waals surface area contributed by atoms with Crippen molar-refractivity contribution in [3.63, 3.8) is 0 Å². The predicted octanol–water partition coefficient (Wildman–Crippen LogP) is 3.09. The van der Waals surface area contributed by atoms with Gasteiger partial charge in [-0.25, -0.2) is 4.68 Å². The van der Waals surface area contributed by atoms with E-state index in [-0.39, 0.29) is 16.5 Å². The Kier molecular flexibility index (Phi) is 5.33. The molecular formula is C21H16F3N7O2. The summed E-state index contributed by atoms with van der Waals surface area (Å²) in [6.45, 7) is 2.87. The van der Waals surface area contributed by atoms with Gasteiger partial charge in [-0.3, -0.25) is 14.0 Å². The average Bonchev–Trinajstić information content (AvgIpc) is 3.21. The molecule has 0 unspecified atom stereocenters. The molecule has 0 spiro atoms. The molecule has 0 atom stereocenters. The van der Waals surface area contributed by atoms with Crippen molar-refractivity contribution in [3.05, 3.63) is 64.0 Å². The molecule has 4 rings (SSSR count). The summed E-state index contributed by atoms with van der Waals surface area (Å²) in [6, 6.07) is 6.54. The van der Waals surface area contributed by atoms with E-state index in [4.69, 9.17) is 0 Å². The number of hydrogen-bond acceptors (Lipinski definition) is 6. The summed E-state index contributed by atoms with van der Waals surface area (Å²) in [4.78, 5) is 25.6. The van der Waals surface area contributed by atoms with E-state index >= 15 is 0 Å². The first-order valence-corrected chi connectivity index (χ1v) is 9.74. The largest absolute Gasteiger partial charge is 0.417 e. The fourth-order valence-corrected chi connectivity index (χ4v) is 3.51. The Morgan fingerprint density at radius 3 is 2.67 bits per heavy atom. The summed E-state index contributed by atoms with van der Waals surface area (Å²) in [5, 5.41) is 23.6. The maximum Gasteiger partial charge on any atom is 0.417 e. The second-order valence-electron chi connectivity index (χ2n) is 7.59. The minimum Gasteiger partial charge on any atom is -0.323 e. The van der Waals surface area contributed by atoms with Crippen LogP contribution in [0.4, 0.5) is 18.9 Å². The van der Waals surface area contributed by atoms with E-state index in [9.17, 15) is 28.0 Å². The Bertz CT molecular complexity index is 1500. The molecular weight excluding hydrogens is 439 g/mol. The molecule has 1 N–H and O–H groups in total. The fourth-order valence-electron chi connectivity index (χ4n) is 3.51. The summed E-state index contributed by atoms with van der Waals surface area (Å²) < 4.78 is 42.7. The molecule has 3 aromatic heterocycles. The topological polar surface area (TPSA) is 118 Å². The predicted molar refractivity (Wildman–Crippen MR) is 111 cm³/mol. The lowest BCUT2D eigenvalue weighted by atomic mass is 9.95. The Labute approximate surface area is 184 Å². The number of carbonyl (C=O) groups is 1. The van der Waals surface area contributed by atoms with Crippen molar-refractivity contribution in [2.45, 2.75) is 32.5 Å². The Morgan fingerprint density at radius 2 is 2.00 bits per heavy atom. The second kappa shape index (κ2) is 8.01. The van der Waals surface area contributed by atoms with E-state index in [0.717, 1.165) is 10.7 Å². The number of pyridine rings is 1. The molecule has 0 aliphatic carbocycles. The van der Waals surface area contributed by atoms with Gasteiger partial charge in [0.25, 0.3) is 5.56 Å². The number of nitrogens with one attached hydrogen (secondary N) is 1. The Morgan fingerprint density at radius 1 is 1.24 bits per heavy atom. The van der Waals surface area contributed by atoms with Gasteiger partial charge in [0.1, 0.15) is 18.9 Å². The number of carbonyl (C=O) groups excluding carboxylic acids is 1. The third-order valence-corrected chi connectivity index (χ3v) is 4.99. The lowest BCUT2D eigenvalue weighted by molar-refractivity contribution is -0.137. The highest BCUT2D eigenvalue weighted by atomic mass is 19.4. The molecule has 1 aromatic carbocycles. The first kappa shape index (κ1) is 21.9. The molecule has 0 aliphatic heterocycles. The second-order valence-corrected chi connectivity index (χ2v) is 7.59. The SMILES string of the molecule is CC(C)c1nn(CC(=O)Nc2ccc3nncn3c2)c(=O)c2ccc(C(F)(F)F)c(C#N)c12. The number of fused-ring (bicyclic) bond motifs is 2. The van der Waals surface area contributed by atoms with Crippen molar-refractivity contribution in [1.29, 1.82) is 5.26 Å². The third-order valence-electron chi connectivity index (χ3n) is 4.99. The van der Waals surface area contributed by atoms with Crippen molar-refractivity contribution in [3.8, 4) is 6.07 Å². The van der Waals surface area contributed by atoms with E-state index in [0.29, 0.717) is 17.4 Å². The molecule has 33 heavy (non-hydrogen) atoms. The Hall–Kier alpha value is -4.27. The monoisotopic (exact) mass is 455 g/mol. The van der Waals surface area contributed by atoms with E-state index in [1.54, 1.807) is 42.6 Å². The van der Waals surface area contributed by atoms with Gasteiger partial charge in [-0.15, -0.1) is 10.2 Å². The van der Waals surface area contributed by atoms with Crippen LogP contribution in [-0.4, -0.2) is 30.3 Å². The zero-order valence-electron chi connectivity index (χ0n) is 17.4. The van der Waals surface area contributed by atoms with E-state index in [2.05, 4.69) is 20.6 Å². The number of anilines is 1. The number of rotatable bonds is 4. The van der Waals surface area contributed by atoms with Crippen molar-refractivity contribution in [2.24, 2.45) is 0 Å². The molecule has 4 aromatic rings. The van der Waals surface area contributed by atoms with Crippen LogP contribution in [0.1, 0.15) is 36.6 Å². The lowest BCUT2D eigenvalue weighted by Crippen LogP contribution is -2.31. The summed E-state index contributed by atoms with van der Waals surface area (Å²) in [5.41, 5.74) is -1.46. The van der Waals surface area contributed by atoms with Gasteiger partial charge in [0, 0.05) is 11.6 Å². The van der Waals surface area contributed by atoms with E-state index in [1.807, 2.05) is 0 Å². The lowest BCUT2D eigenvalue weighted by Gasteiger charge is -2.17. The van der Waals surface area contributed by atoms with Gasteiger partial charge in [0.15, 0.2) is 5.65 Å². The highest BCUT2D eigenvalue weighted by Crippen LogP contribution is 2.36. The van der Waals surface area contributed by atoms with Crippen LogP contribution in [0.25, 0.3) is 16.4 Å². The number of nitriles is 1. The van der Waals surface area contributed by atoms with Crippen LogP contribution in [0.15, 0.2) is 41.6 Å². The molecule has 0 saturated heterocycles. The van der Waals surface area contributed by atoms with Crippen molar-refractivity contribution >= 4 is 28.0 Å². The number of alkyl halides is 3. The molecule has 1 amide bonds. The number of benzene rings is 1. The zero-order chi connectivity index (χ0) is 23.9. The van der Waals surface area contributed by atoms with Crippen LogP contribution in [0.3, 0.4) is 0 Å². The molecule has 0 bridgehead atoms. The number of hydrogen-bond donors (Lipinski definition) is 1. The summed E-state index contributed by atoms with van der Waals surface area (Å²) >= 11 is 0. The third kappa shape index (κ3) is 4.00. The first-order chi connectivity index (χ1) is 15.6. The highest BCUT2D eigenvalue weighted by molar-refractivity contribution is 5.92. The molecule has 12 heteroatoms. The average molecular weight is 455 g/mol. The van der Waals surface area contributed by atoms with Gasteiger partial charge >= 0.3 is 6.18 Å². The van der Waals surface area contributed by atoms with Gasteiger partial charge in [-0.05, 0) is 30.2 Å². The molecule has 0 fully saturated rings. The molecule has 0 saturated carbocycles. The number of nitrogens with zero attached hydrogens (tertiary/aromatic N) is 6. The molecule has 3 heterocycles. The minimum atomic E-state index is -4.77. The quantitative estimate of drug-likeness (QED) is 0.505. The molecule has 168 valence electrons. The maximum absolute atomic E-state index is 13.4. The van der Waals surface area contributed by atoms with Crippen LogP contribution in [0.5, 0.6) is 0 Å². The standard InChI is InChI=1S/C21H16F3N7O2/c1-11(2)19-18-13(4-5-15(14(18)7-25)21(22,23)24)20(33)31(29-19)9-17(32)27-12-3-6-16-28-26-10-30(16)8-12/h3-6,8,10-11H,9H2,1-2H3,(H,27,32). The van der Waals surface area contributed by atoms with Gasteiger partial charge in [0.2, 0.25) is 5.91 Å². The number of halogens is 3. The summed E-state index contributed by atoms with van der Waals surface area (Å²) in [6.07, 6.45) is -1.73. The van der Waals surface area contributed by atoms with E-state index in [1.165, 1.54) is 6.33 Å². The summed E-state index contributed by atoms with van der Waals surface area (Å²) in [7, 11) is 0. The summed E-state index contributed by atoms with van der Waals surface area (Å²) in [5.74, 6) is -0.993. The van der Waals surface area contributed by atoms with Crippen molar-refractivity contribution in [1.82, 2.24) is 24.4 Å². The number of aromatic nitrogens is 5. The van der Waals surface area contributed by atoms with E-state index < -0.39 is 41.2 Å². The van der Waals surface area contributed by atoms with Gasteiger partial charge in [-0.2, -0.15) is 23.5 Å². The molecule has 0 aliphatic rings. The van der Waals surface area contributed by atoms with Crippen LogP contribution in [-0.2, 0) is 17.5 Å². The first-order valence-electron chi connectivity index (χ1n) is 9.74. The van der Waals surface area contributed by atoms with Gasteiger partial charge in [0.05, 0.1) is 27.9 Å². The van der Waals surface area contributed by atoms with Crippen LogP contribution >= 0.6 is 0 Å². The highest BCUT2D eigenvalue weighted by Gasteiger charge is 2.35. The Balaban J connectivity index is 1.76. The van der Waals surface area contributed by atoms with Crippen molar-refractivity contribution < 1.29 is 18.0 Å². The zero-order valence-corrected chi connectivity index (χ0v) is 17.4. The fraction of sp³-hybridized carbons (Fsp3) is 0.238. The molecule has 9 nitrogen and oxygen atoms in total. The minimum absolute atomic E-state index is 0.114. The maximum atomic E-state index is 13.4. The van der Waals surface area contributed by atoms with Gasteiger partial charge < -0.3 is 5.32 Å². The van der Waals surface area contributed by atoms with Crippen LogP contribution < -0.4 is 10.9 Å². The smallest absolute Gasteiger partial charge is 0.323 e. The van der Waals surface area contributed by atoms with Crippen molar-refractivity contribution in [2.75, 3.05) is 5.32 Å². The van der Waals surface area contributed by atoms with Crippen LogP contribution in [0.2, 0.25) is 0 Å². The van der Waals surface area contributed by atoms with Crippen LogP contribution in [0, 0.1) is 11.3 Å². The van der Waals surface area contributed by atoms with Gasteiger partial charge in [-0.1, -0.05) is 13.8 Å². The molecule has 0 radical (unpaired) electrons. The normalized spacial score (nSPS) is 11.8. The number of amides is 1.